The zero-order valence-electron chi connectivity index (χ0n) is 27.6. The number of carbonyl (C=O) groups is 2. The van der Waals surface area contributed by atoms with Crippen LogP contribution in [0, 0.1) is 0 Å². The number of hydrogen-bond acceptors (Lipinski definition) is 12. The van der Waals surface area contributed by atoms with E-state index in [0.717, 1.165) is 43.4 Å². The number of hydrogen-bond donors (Lipinski definition) is 5. The molecule has 5 rings (SSSR count). The van der Waals surface area contributed by atoms with Gasteiger partial charge in [0.15, 0.2) is 17.0 Å². The number of nitrogens with two attached hydrogens (primary N) is 1. The molecule has 1 aliphatic rings. The van der Waals surface area contributed by atoms with Crippen molar-refractivity contribution in [1.29, 1.82) is 0 Å². The zero-order valence-corrected chi connectivity index (χ0v) is 28.4. The van der Waals surface area contributed by atoms with E-state index in [4.69, 9.17) is 20.2 Å². The van der Waals surface area contributed by atoms with E-state index in [9.17, 15) is 21.9 Å². The van der Waals surface area contributed by atoms with Crippen LogP contribution >= 0.6 is 0 Å². The van der Waals surface area contributed by atoms with Gasteiger partial charge < -0.3 is 41.0 Å². The second kappa shape index (κ2) is 17.8. The molecular weight excluding hydrogens is 669 g/mol. The molecule has 0 aliphatic heterocycles. The molecule has 2 aromatic carbocycles. The predicted molar refractivity (Wildman–Crippen MR) is 185 cm³/mol. The molecule has 2 aromatic heterocycles. The second-order valence-electron chi connectivity index (χ2n) is 11.6. The highest BCUT2D eigenvalue weighted by Gasteiger charge is 2.22. The number of carbonyl (C=O) groups excluding carboxylic acids is 2. The first-order valence-corrected chi connectivity index (χ1v) is 17.9. The number of rotatable bonds is 19. The van der Waals surface area contributed by atoms with Crippen molar-refractivity contribution >= 4 is 45.0 Å². The van der Waals surface area contributed by atoms with Crippen LogP contribution in [0.15, 0.2) is 59.8 Å². The topological polar surface area (TPSA) is 204 Å². The number of fused-ring (bicyclic) bond motifs is 1. The first-order valence-electron chi connectivity index (χ1n) is 16.5. The van der Waals surface area contributed by atoms with Gasteiger partial charge in [0.1, 0.15) is 0 Å². The van der Waals surface area contributed by atoms with Crippen LogP contribution in [0.2, 0.25) is 0 Å². The second-order valence-corrected chi connectivity index (χ2v) is 13.0. The molecule has 0 atom stereocenters. The minimum Gasteiger partial charge on any atom is -0.378 e. The Morgan fingerprint density at radius 3 is 2.14 bits per heavy atom. The molecule has 1 aliphatic carbocycles. The molecule has 0 unspecified atom stereocenters. The highest BCUT2D eigenvalue weighted by atomic mass is 32.3. The van der Waals surface area contributed by atoms with Crippen molar-refractivity contribution < 1.29 is 31.4 Å². The van der Waals surface area contributed by atoms with E-state index in [1.54, 1.807) is 18.5 Å². The van der Waals surface area contributed by atoms with E-state index in [-0.39, 0.29) is 18.0 Å². The molecule has 0 spiro atoms. The van der Waals surface area contributed by atoms with Gasteiger partial charge in [-0.25, -0.2) is 4.98 Å². The zero-order chi connectivity index (χ0) is 35.3. The van der Waals surface area contributed by atoms with Gasteiger partial charge >= 0.3 is 10.2 Å². The SMILES string of the molecule is NCCOCCOCCNC(=O)c1ccc(CNc2nc(NCCNC(=O)c3ccc(S(=O)(=O)F)cc3)nc3c2ncn3C2CCCC2)cc1. The van der Waals surface area contributed by atoms with Crippen LogP contribution < -0.4 is 27.0 Å². The molecule has 2 heterocycles. The summed E-state index contributed by atoms with van der Waals surface area (Å²) in [6, 6.07) is 12.1. The van der Waals surface area contributed by atoms with Crippen LogP contribution in [-0.4, -0.2) is 92.4 Å². The molecule has 2 amide bonds. The van der Waals surface area contributed by atoms with Gasteiger partial charge in [0.05, 0.1) is 37.7 Å². The maximum Gasteiger partial charge on any atom is 0.332 e. The summed E-state index contributed by atoms with van der Waals surface area (Å²) in [6.45, 7) is 3.53. The van der Waals surface area contributed by atoms with Gasteiger partial charge in [-0.05, 0) is 54.8 Å². The summed E-state index contributed by atoms with van der Waals surface area (Å²) in [5, 5.41) is 12.1. The molecule has 268 valence electrons. The van der Waals surface area contributed by atoms with E-state index >= 15 is 0 Å². The van der Waals surface area contributed by atoms with Gasteiger partial charge in [-0.15, -0.1) is 3.89 Å². The molecule has 15 nitrogen and oxygen atoms in total. The number of aromatic nitrogens is 4. The van der Waals surface area contributed by atoms with Crippen molar-refractivity contribution in [1.82, 2.24) is 30.2 Å². The van der Waals surface area contributed by atoms with Crippen molar-refractivity contribution in [3.05, 3.63) is 71.5 Å². The van der Waals surface area contributed by atoms with E-state index in [0.29, 0.717) is 87.1 Å². The fraction of sp³-hybridized carbons (Fsp3) is 0.424. The summed E-state index contributed by atoms with van der Waals surface area (Å²) < 4.78 is 48.0. The van der Waals surface area contributed by atoms with Crippen molar-refractivity contribution in [2.24, 2.45) is 5.73 Å². The van der Waals surface area contributed by atoms with Gasteiger partial charge in [-0.2, -0.15) is 18.4 Å². The van der Waals surface area contributed by atoms with Gasteiger partial charge in [0.2, 0.25) is 5.95 Å². The summed E-state index contributed by atoms with van der Waals surface area (Å²) in [5.74, 6) is 0.256. The first kappa shape index (κ1) is 36.6. The average Bonchev–Trinajstić information content (AvgIpc) is 3.81. The molecule has 50 heavy (non-hydrogen) atoms. The monoisotopic (exact) mass is 711 g/mol. The lowest BCUT2D eigenvalue weighted by molar-refractivity contribution is 0.0511. The van der Waals surface area contributed by atoms with Gasteiger partial charge in [-0.1, -0.05) is 25.0 Å². The van der Waals surface area contributed by atoms with Crippen molar-refractivity contribution in [3.63, 3.8) is 0 Å². The lowest BCUT2D eigenvalue weighted by atomic mass is 10.1. The number of ether oxygens (including phenoxy) is 2. The van der Waals surface area contributed by atoms with Crippen LogP contribution in [0.5, 0.6) is 0 Å². The summed E-state index contributed by atoms with van der Waals surface area (Å²) in [4.78, 5) is 38.6. The Kier molecular flexibility index (Phi) is 13.0. The molecule has 0 saturated heterocycles. The summed E-state index contributed by atoms with van der Waals surface area (Å²) in [7, 11) is -4.84. The summed E-state index contributed by atoms with van der Waals surface area (Å²) >= 11 is 0. The molecule has 1 saturated carbocycles. The van der Waals surface area contributed by atoms with Crippen LogP contribution in [0.25, 0.3) is 11.2 Å². The van der Waals surface area contributed by atoms with Crippen molar-refractivity contribution in [2.45, 2.75) is 43.2 Å². The third-order valence-corrected chi connectivity index (χ3v) is 8.91. The first-order chi connectivity index (χ1) is 24.2. The highest BCUT2D eigenvalue weighted by Crippen LogP contribution is 2.33. The molecule has 4 aromatic rings. The van der Waals surface area contributed by atoms with Crippen LogP contribution in [0.3, 0.4) is 0 Å². The van der Waals surface area contributed by atoms with E-state index in [1.165, 1.54) is 12.1 Å². The molecule has 0 radical (unpaired) electrons. The van der Waals surface area contributed by atoms with Crippen molar-refractivity contribution in [2.75, 3.05) is 63.2 Å². The Morgan fingerprint density at radius 2 is 1.48 bits per heavy atom. The van der Waals surface area contributed by atoms with Gasteiger partial charge in [-0.3, -0.25) is 9.59 Å². The number of nitrogens with zero attached hydrogens (tertiary/aromatic N) is 4. The fourth-order valence-corrected chi connectivity index (χ4v) is 5.95. The van der Waals surface area contributed by atoms with Crippen molar-refractivity contribution in [3.8, 4) is 0 Å². The van der Waals surface area contributed by atoms with Crippen LogP contribution in [-0.2, 0) is 26.2 Å². The van der Waals surface area contributed by atoms with Gasteiger partial charge in [0.25, 0.3) is 11.8 Å². The van der Waals surface area contributed by atoms with Crippen LogP contribution in [0.4, 0.5) is 15.7 Å². The third kappa shape index (κ3) is 10.2. The third-order valence-electron chi connectivity index (χ3n) is 8.07. The highest BCUT2D eigenvalue weighted by molar-refractivity contribution is 7.86. The number of amides is 2. The Hall–Kier alpha value is -4.71. The summed E-state index contributed by atoms with van der Waals surface area (Å²) in [5.41, 5.74) is 8.36. The molecule has 1 fully saturated rings. The molecule has 17 heteroatoms. The Morgan fingerprint density at radius 1 is 0.840 bits per heavy atom. The molecular formula is C33H42FN9O6S. The van der Waals surface area contributed by atoms with E-state index < -0.39 is 21.0 Å². The predicted octanol–water partition coefficient (Wildman–Crippen LogP) is 2.78. The largest absolute Gasteiger partial charge is 0.378 e. The minimum absolute atomic E-state index is 0.195. The Bertz CT molecular complexity index is 1830. The quantitative estimate of drug-likeness (QED) is 0.0704. The maximum atomic E-state index is 13.2. The lowest BCUT2D eigenvalue weighted by Gasteiger charge is -2.14. The van der Waals surface area contributed by atoms with Crippen LogP contribution in [0.1, 0.15) is 58.0 Å². The standard InChI is InChI=1S/C33H42FN9O6S/c34-50(46,47)27-11-9-25(10-12-27)31(44)36-14-15-38-33-41-29(28-30(42-33)43(22-40-28)26-3-1-2-4-26)39-21-23-5-7-24(8-6-23)32(45)37-16-18-49-20-19-48-17-13-35/h5-12,22,26H,1-4,13-21,35H2,(H,36,44)(H,37,45)(H2,38,39,41,42). The van der Waals surface area contributed by atoms with E-state index in [1.807, 2.05) is 12.1 Å². The normalized spacial score (nSPS) is 13.4. The fourth-order valence-electron chi connectivity index (χ4n) is 5.49. The number of nitrogens with one attached hydrogen (secondary N) is 4. The minimum atomic E-state index is -4.84. The van der Waals surface area contributed by atoms with E-state index in [2.05, 4.69) is 35.8 Å². The summed E-state index contributed by atoms with van der Waals surface area (Å²) in [6.07, 6.45) is 6.18. The number of halogens is 1. The maximum absolute atomic E-state index is 13.2. The number of benzene rings is 2. The Balaban J connectivity index is 1.17. The molecule has 0 bridgehead atoms. The molecule has 6 N–H and O–H groups in total. The van der Waals surface area contributed by atoms with Gasteiger partial charge in [0, 0.05) is 49.9 Å². The Labute approximate surface area is 289 Å². The number of anilines is 2. The average molecular weight is 712 g/mol. The number of imidazole rings is 1. The lowest BCUT2D eigenvalue weighted by Crippen LogP contribution is -2.29. The smallest absolute Gasteiger partial charge is 0.332 e.